The molecule has 0 aliphatic carbocycles. The van der Waals surface area contributed by atoms with Gasteiger partial charge in [0.15, 0.2) is 5.69 Å². The van der Waals surface area contributed by atoms with Crippen molar-refractivity contribution in [3.05, 3.63) is 18.0 Å². The van der Waals surface area contributed by atoms with E-state index in [9.17, 15) is 13.2 Å². The third-order valence-electron chi connectivity index (χ3n) is 2.35. The molecule has 0 aliphatic rings. The van der Waals surface area contributed by atoms with Crippen molar-refractivity contribution in [3.63, 3.8) is 0 Å². The molecule has 0 fully saturated rings. The maximum Gasteiger partial charge on any atom is 0.435 e. The van der Waals surface area contributed by atoms with Gasteiger partial charge >= 0.3 is 6.18 Å². The van der Waals surface area contributed by atoms with Crippen LogP contribution in [0, 0.1) is 0 Å². The third kappa shape index (κ3) is 5.21. The van der Waals surface area contributed by atoms with Crippen LogP contribution in [-0.2, 0) is 12.7 Å². The fourth-order valence-electron chi connectivity index (χ4n) is 1.46. The first kappa shape index (κ1) is 14.0. The van der Waals surface area contributed by atoms with Gasteiger partial charge in [-0.15, -0.1) is 0 Å². The van der Waals surface area contributed by atoms with E-state index in [1.54, 1.807) is 0 Å². The molecule has 0 radical (unpaired) electrons. The lowest BCUT2D eigenvalue weighted by atomic mass is 10.3. The van der Waals surface area contributed by atoms with Crippen LogP contribution in [0.1, 0.15) is 31.9 Å². The molecule has 0 unspecified atom stereocenters. The molecular weight excluding hydrogens is 231 g/mol. The summed E-state index contributed by atoms with van der Waals surface area (Å²) in [5, 5.41) is 6.73. The van der Waals surface area contributed by atoms with Gasteiger partial charge in [-0.05, 0) is 38.4 Å². The smallest absolute Gasteiger partial charge is 0.317 e. The molecule has 17 heavy (non-hydrogen) atoms. The van der Waals surface area contributed by atoms with Crippen LogP contribution in [0.15, 0.2) is 12.3 Å². The summed E-state index contributed by atoms with van der Waals surface area (Å²) < 4.78 is 38.1. The fourth-order valence-corrected chi connectivity index (χ4v) is 1.46. The van der Waals surface area contributed by atoms with E-state index in [-0.39, 0.29) is 0 Å². The number of nitrogens with one attached hydrogen (secondary N) is 1. The number of hydrogen-bond acceptors (Lipinski definition) is 2. The van der Waals surface area contributed by atoms with Gasteiger partial charge in [0.1, 0.15) is 0 Å². The number of rotatable bonds is 7. The number of halogens is 3. The lowest BCUT2D eigenvalue weighted by Gasteiger charge is -2.04. The summed E-state index contributed by atoms with van der Waals surface area (Å²) in [6.45, 7) is 4.51. The van der Waals surface area contributed by atoms with E-state index < -0.39 is 11.9 Å². The predicted molar refractivity (Wildman–Crippen MR) is 59.6 cm³/mol. The molecule has 1 aromatic rings. The minimum Gasteiger partial charge on any atom is -0.317 e. The number of aryl methyl sites for hydroxylation is 1. The fraction of sp³-hybridized carbons (Fsp3) is 0.727. The minimum absolute atomic E-state index is 0.532. The van der Waals surface area contributed by atoms with Crippen LogP contribution in [0.3, 0.4) is 0 Å². The van der Waals surface area contributed by atoms with Gasteiger partial charge in [0.05, 0.1) is 0 Å². The van der Waals surface area contributed by atoms with Gasteiger partial charge in [0, 0.05) is 12.7 Å². The molecule has 0 spiro atoms. The van der Waals surface area contributed by atoms with E-state index >= 15 is 0 Å². The first-order chi connectivity index (χ1) is 8.04. The van der Waals surface area contributed by atoms with E-state index in [0.717, 1.165) is 38.4 Å². The van der Waals surface area contributed by atoms with E-state index in [1.807, 2.05) is 0 Å². The Bertz CT molecular complexity index is 320. The van der Waals surface area contributed by atoms with Gasteiger partial charge in [-0.2, -0.15) is 18.3 Å². The minimum atomic E-state index is -4.34. The van der Waals surface area contributed by atoms with Crippen LogP contribution in [-0.4, -0.2) is 22.9 Å². The van der Waals surface area contributed by atoms with Crippen molar-refractivity contribution in [1.29, 1.82) is 0 Å². The molecule has 1 aromatic heterocycles. The molecule has 0 aromatic carbocycles. The van der Waals surface area contributed by atoms with E-state index in [4.69, 9.17) is 0 Å². The third-order valence-corrected chi connectivity index (χ3v) is 2.35. The lowest BCUT2D eigenvalue weighted by molar-refractivity contribution is -0.141. The Morgan fingerprint density at radius 2 is 2.06 bits per heavy atom. The highest BCUT2D eigenvalue weighted by Gasteiger charge is 2.33. The summed E-state index contributed by atoms with van der Waals surface area (Å²) in [5.74, 6) is 0. The van der Waals surface area contributed by atoms with Crippen LogP contribution in [0.5, 0.6) is 0 Å². The highest BCUT2D eigenvalue weighted by molar-refractivity contribution is 5.03. The predicted octanol–water partition coefficient (Wildman–Crippen LogP) is 2.68. The number of alkyl halides is 3. The van der Waals surface area contributed by atoms with Crippen molar-refractivity contribution in [1.82, 2.24) is 15.1 Å². The van der Waals surface area contributed by atoms with Gasteiger partial charge in [0.2, 0.25) is 0 Å². The summed E-state index contributed by atoms with van der Waals surface area (Å²) in [5.41, 5.74) is -0.818. The topological polar surface area (TPSA) is 29.9 Å². The Morgan fingerprint density at radius 3 is 2.65 bits per heavy atom. The zero-order valence-corrected chi connectivity index (χ0v) is 9.93. The van der Waals surface area contributed by atoms with Crippen molar-refractivity contribution in [2.75, 3.05) is 13.1 Å². The second-order valence-corrected chi connectivity index (χ2v) is 3.92. The Labute approximate surface area is 99.0 Å². The average molecular weight is 249 g/mol. The van der Waals surface area contributed by atoms with Gasteiger partial charge in [0.25, 0.3) is 0 Å². The molecule has 0 atom stereocenters. The van der Waals surface area contributed by atoms with E-state index in [1.165, 1.54) is 10.9 Å². The number of aromatic nitrogens is 2. The normalized spacial score (nSPS) is 12.0. The van der Waals surface area contributed by atoms with Gasteiger partial charge in [-0.1, -0.05) is 6.92 Å². The molecule has 1 rings (SSSR count). The zero-order chi connectivity index (χ0) is 12.7. The quantitative estimate of drug-likeness (QED) is 0.753. The number of unbranched alkanes of at least 4 members (excludes halogenated alkanes) is 1. The summed E-state index contributed by atoms with van der Waals surface area (Å²) >= 11 is 0. The Morgan fingerprint density at radius 1 is 1.29 bits per heavy atom. The molecule has 98 valence electrons. The van der Waals surface area contributed by atoms with Crippen LogP contribution in [0.4, 0.5) is 13.2 Å². The molecular formula is C11H18F3N3. The van der Waals surface area contributed by atoms with Gasteiger partial charge < -0.3 is 5.32 Å². The van der Waals surface area contributed by atoms with Crippen molar-refractivity contribution in [2.24, 2.45) is 0 Å². The molecule has 1 heterocycles. The molecule has 6 heteroatoms. The zero-order valence-electron chi connectivity index (χ0n) is 9.93. The molecule has 0 saturated carbocycles. The van der Waals surface area contributed by atoms with Crippen LogP contribution >= 0.6 is 0 Å². The summed E-state index contributed by atoms with van der Waals surface area (Å²) in [7, 11) is 0. The SMILES string of the molecule is CCCNCCCCn1ccc(C(F)(F)F)n1. The monoisotopic (exact) mass is 249 g/mol. The summed E-state index contributed by atoms with van der Waals surface area (Å²) in [6.07, 6.45) is -0.0960. The van der Waals surface area contributed by atoms with Crippen molar-refractivity contribution < 1.29 is 13.2 Å². The first-order valence-electron chi connectivity index (χ1n) is 5.85. The van der Waals surface area contributed by atoms with Crippen molar-refractivity contribution in [3.8, 4) is 0 Å². The van der Waals surface area contributed by atoms with Crippen LogP contribution < -0.4 is 5.32 Å². The number of nitrogens with zero attached hydrogens (tertiary/aromatic N) is 2. The lowest BCUT2D eigenvalue weighted by Crippen LogP contribution is -2.16. The molecule has 3 nitrogen and oxygen atoms in total. The number of hydrogen-bond donors (Lipinski definition) is 1. The second kappa shape index (κ2) is 6.64. The van der Waals surface area contributed by atoms with Crippen molar-refractivity contribution >= 4 is 0 Å². The molecule has 0 saturated heterocycles. The largest absolute Gasteiger partial charge is 0.435 e. The van der Waals surface area contributed by atoms with E-state index in [0.29, 0.717) is 6.54 Å². The van der Waals surface area contributed by atoms with Crippen LogP contribution in [0.2, 0.25) is 0 Å². The molecule has 0 amide bonds. The molecule has 0 bridgehead atoms. The first-order valence-corrected chi connectivity index (χ1v) is 5.85. The summed E-state index contributed by atoms with van der Waals surface area (Å²) in [6, 6.07) is 1.01. The van der Waals surface area contributed by atoms with Crippen LogP contribution in [0.25, 0.3) is 0 Å². The molecule has 0 aliphatic heterocycles. The van der Waals surface area contributed by atoms with Gasteiger partial charge in [-0.3, -0.25) is 4.68 Å². The second-order valence-electron chi connectivity index (χ2n) is 3.92. The highest BCUT2D eigenvalue weighted by Crippen LogP contribution is 2.27. The maximum absolute atomic E-state index is 12.2. The van der Waals surface area contributed by atoms with Gasteiger partial charge in [-0.25, -0.2) is 0 Å². The Kier molecular flexibility index (Phi) is 5.47. The Hall–Kier alpha value is -1.04. The highest BCUT2D eigenvalue weighted by atomic mass is 19.4. The van der Waals surface area contributed by atoms with Crippen molar-refractivity contribution in [2.45, 2.75) is 38.9 Å². The maximum atomic E-state index is 12.2. The average Bonchev–Trinajstić information content (AvgIpc) is 2.71. The Balaban J connectivity index is 2.21. The molecule has 1 N–H and O–H groups in total. The standard InChI is InChI=1S/C11H18F3N3/c1-2-6-15-7-3-4-8-17-9-5-10(16-17)11(12,13)14/h5,9,15H,2-4,6-8H2,1H3. The summed E-state index contributed by atoms with van der Waals surface area (Å²) in [4.78, 5) is 0. The van der Waals surface area contributed by atoms with E-state index in [2.05, 4.69) is 17.3 Å².